The Hall–Kier alpha value is -2.87. The molecule has 0 unspecified atom stereocenters. The zero-order chi connectivity index (χ0) is 19.5. The summed E-state index contributed by atoms with van der Waals surface area (Å²) in [5.41, 5.74) is 7.82. The molecule has 2 rings (SSSR count). The third-order valence-corrected chi connectivity index (χ3v) is 5.46. The molecule has 2 aromatic carbocycles. The molecule has 8 heteroatoms. The molecule has 0 bridgehead atoms. The number of nitrogens with two attached hydrogens (primary N) is 1. The van der Waals surface area contributed by atoms with Crippen molar-refractivity contribution in [2.45, 2.75) is 25.7 Å². The maximum absolute atomic E-state index is 13.1. The van der Waals surface area contributed by atoms with Crippen LogP contribution in [0.25, 0.3) is 0 Å². The Balaban J connectivity index is 2.49. The minimum absolute atomic E-state index is 0.00664. The molecule has 0 spiro atoms. The van der Waals surface area contributed by atoms with Gasteiger partial charge in [0.05, 0.1) is 10.6 Å². The third-order valence-electron chi connectivity index (χ3n) is 3.68. The number of sulfonamides is 1. The largest absolute Gasteiger partial charge is 0.368 e. The number of anilines is 2. The Morgan fingerprint density at radius 3 is 2.19 bits per heavy atom. The summed E-state index contributed by atoms with van der Waals surface area (Å²) >= 11 is 0. The first-order valence-electron chi connectivity index (χ1n) is 7.87. The number of rotatable bonds is 6. The van der Waals surface area contributed by atoms with Crippen molar-refractivity contribution in [3.8, 4) is 0 Å². The van der Waals surface area contributed by atoms with Gasteiger partial charge in [0.15, 0.2) is 0 Å². The van der Waals surface area contributed by atoms with E-state index < -0.39 is 22.5 Å². The van der Waals surface area contributed by atoms with Crippen LogP contribution >= 0.6 is 0 Å². The fourth-order valence-electron chi connectivity index (χ4n) is 2.57. The second-order valence-electron chi connectivity index (χ2n) is 5.97. The number of carbonyl (C=O) groups is 2. The van der Waals surface area contributed by atoms with Crippen LogP contribution in [0, 0.1) is 13.8 Å². The van der Waals surface area contributed by atoms with E-state index in [-0.39, 0.29) is 10.8 Å². The number of amides is 2. The molecule has 0 saturated carbocycles. The highest BCUT2D eigenvalue weighted by atomic mass is 32.2. The Labute approximate surface area is 152 Å². The molecule has 2 amide bonds. The smallest absolute Gasteiger partial charge is 0.264 e. The predicted molar refractivity (Wildman–Crippen MR) is 100 cm³/mol. The summed E-state index contributed by atoms with van der Waals surface area (Å²) in [6.45, 7) is 4.55. The Morgan fingerprint density at radius 1 is 1.08 bits per heavy atom. The predicted octanol–water partition coefficient (Wildman–Crippen LogP) is 1.94. The number of hydrogen-bond donors (Lipinski definition) is 2. The summed E-state index contributed by atoms with van der Waals surface area (Å²) in [5, 5.41) is 2.57. The van der Waals surface area contributed by atoms with E-state index in [9.17, 15) is 18.0 Å². The van der Waals surface area contributed by atoms with Gasteiger partial charge in [-0.1, -0.05) is 17.7 Å². The van der Waals surface area contributed by atoms with Gasteiger partial charge in [-0.25, -0.2) is 8.42 Å². The van der Waals surface area contributed by atoms with Crippen molar-refractivity contribution in [1.82, 2.24) is 0 Å². The zero-order valence-electron chi connectivity index (χ0n) is 14.8. The quantitative estimate of drug-likeness (QED) is 0.804. The summed E-state index contributed by atoms with van der Waals surface area (Å²) < 4.78 is 27.1. The highest BCUT2D eigenvalue weighted by molar-refractivity contribution is 7.92. The van der Waals surface area contributed by atoms with Crippen molar-refractivity contribution >= 4 is 33.2 Å². The van der Waals surface area contributed by atoms with E-state index in [1.165, 1.54) is 31.2 Å². The van der Waals surface area contributed by atoms with E-state index in [1.54, 1.807) is 19.1 Å². The zero-order valence-corrected chi connectivity index (χ0v) is 15.6. The lowest BCUT2D eigenvalue weighted by Crippen LogP contribution is -2.39. The number of nitrogens with one attached hydrogen (secondary N) is 1. The molecule has 0 radical (unpaired) electrons. The van der Waals surface area contributed by atoms with Crippen molar-refractivity contribution in [2.24, 2.45) is 5.73 Å². The van der Waals surface area contributed by atoms with E-state index >= 15 is 0 Å². The Kier molecular flexibility index (Phi) is 5.66. The van der Waals surface area contributed by atoms with Gasteiger partial charge >= 0.3 is 0 Å². The fourth-order valence-corrected chi connectivity index (χ4v) is 4.06. The molecular formula is C18H21N3O4S. The van der Waals surface area contributed by atoms with E-state index in [4.69, 9.17) is 5.73 Å². The first kappa shape index (κ1) is 19.5. The average Bonchev–Trinajstić information content (AvgIpc) is 2.53. The number of benzene rings is 2. The van der Waals surface area contributed by atoms with Crippen LogP contribution in [0.15, 0.2) is 47.4 Å². The van der Waals surface area contributed by atoms with Crippen LogP contribution in [0.5, 0.6) is 0 Å². The lowest BCUT2D eigenvalue weighted by molar-refractivity contribution is -0.116. The van der Waals surface area contributed by atoms with Gasteiger partial charge in [-0.05, 0) is 49.7 Å². The molecule has 7 nitrogen and oxygen atoms in total. The maximum atomic E-state index is 13.1. The van der Waals surface area contributed by atoms with E-state index in [0.717, 1.165) is 9.87 Å². The van der Waals surface area contributed by atoms with Crippen LogP contribution in [-0.2, 0) is 19.6 Å². The fraction of sp³-hybridized carbons (Fsp3) is 0.222. The van der Waals surface area contributed by atoms with Gasteiger partial charge in [-0.2, -0.15) is 0 Å². The van der Waals surface area contributed by atoms with Gasteiger partial charge < -0.3 is 11.1 Å². The van der Waals surface area contributed by atoms with Crippen molar-refractivity contribution in [1.29, 1.82) is 0 Å². The Morgan fingerprint density at radius 2 is 1.69 bits per heavy atom. The van der Waals surface area contributed by atoms with Gasteiger partial charge in [-0.3, -0.25) is 13.9 Å². The molecule has 26 heavy (non-hydrogen) atoms. The summed E-state index contributed by atoms with van der Waals surface area (Å²) in [6.07, 6.45) is 0. The molecular weight excluding hydrogens is 354 g/mol. The molecule has 2 aromatic rings. The third kappa shape index (κ3) is 4.40. The minimum Gasteiger partial charge on any atom is -0.368 e. The number of aryl methyl sites for hydroxylation is 2. The van der Waals surface area contributed by atoms with Crippen LogP contribution in [0.3, 0.4) is 0 Å². The summed E-state index contributed by atoms with van der Waals surface area (Å²) in [6, 6.07) is 11.0. The summed E-state index contributed by atoms with van der Waals surface area (Å²) in [7, 11) is -4.01. The van der Waals surface area contributed by atoms with Gasteiger partial charge in [0.1, 0.15) is 6.54 Å². The van der Waals surface area contributed by atoms with E-state index in [2.05, 4.69) is 5.32 Å². The number of carbonyl (C=O) groups excluding carboxylic acids is 2. The number of nitrogens with zero attached hydrogens (tertiary/aromatic N) is 1. The van der Waals surface area contributed by atoms with Crippen molar-refractivity contribution in [3.05, 3.63) is 53.6 Å². The highest BCUT2D eigenvalue weighted by Crippen LogP contribution is 2.28. The van der Waals surface area contributed by atoms with Crippen LogP contribution in [0.2, 0.25) is 0 Å². The SMILES string of the molecule is CC(=O)Nc1ccc(S(=O)(=O)N(CC(N)=O)c2ccc(C)cc2C)cc1. The first-order chi connectivity index (χ1) is 12.1. The van der Waals surface area contributed by atoms with Gasteiger partial charge in [0, 0.05) is 12.6 Å². The minimum atomic E-state index is -4.01. The molecule has 0 saturated heterocycles. The van der Waals surface area contributed by atoms with Gasteiger partial charge in [0.2, 0.25) is 11.8 Å². The second kappa shape index (κ2) is 7.57. The Bertz CT molecular complexity index is 937. The maximum Gasteiger partial charge on any atom is 0.264 e. The molecule has 0 aliphatic rings. The van der Waals surface area contributed by atoms with Crippen molar-refractivity contribution < 1.29 is 18.0 Å². The monoisotopic (exact) mass is 375 g/mol. The van der Waals surface area contributed by atoms with Crippen LogP contribution in [0.4, 0.5) is 11.4 Å². The molecule has 138 valence electrons. The van der Waals surface area contributed by atoms with E-state index in [1.807, 2.05) is 13.0 Å². The van der Waals surface area contributed by atoms with E-state index in [0.29, 0.717) is 16.9 Å². The topological polar surface area (TPSA) is 110 Å². The summed E-state index contributed by atoms with van der Waals surface area (Å²) in [4.78, 5) is 22.6. The second-order valence-corrected chi connectivity index (χ2v) is 7.84. The summed E-state index contributed by atoms with van der Waals surface area (Å²) in [5.74, 6) is -1.02. The molecule has 0 heterocycles. The highest BCUT2D eigenvalue weighted by Gasteiger charge is 2.27. The molecule has 0 aliphatic heterocycles. The standard InChI is InChI=1S/C18H21N3O4S/c1-12-4-9-17(13(2)10-12)21(11-18(19)23)26(24,25)16-7-5-15(6-8-16)20-14(3)22/h4-10H,11H2,1-3H3,(H2,19,23)(H,20,22). The molecule has 0 fully saturated rings. The van der Waals surface area contributed by atoms with Crippen LogP contribution in [-0.4, -0.2) is 26.8 Å². The van der Waals surface area contributed by atoms with Gasteiger partial charge in [-0.15, -0.1) is 0 Å². The molecule has 0 atom stereocenters. The van der Waals surface area contributed by atoms with Crippen molar-refractivity contribution in [2.75, 3.05) is 16.2 Å². The lowest BCUT2D eigenvalue weighted by atomic mass is 10.1. The number of hydrogen-bond acceptors (Lipinski definition) is 4. The molecule has 0 aliphatic carbocycles. The molecule has 3 N–H and O–H groups in total. The number of primary amides is 1. The normalized spacial score (nSPS) is 11.0. The average molecular weight is 375 g/mol. The first-order valence-corrected chi connectivity index (χ1v) is 9.31. The van der Waals surface area contributed by atoms with Crippen molar-refractivity contribution in [3.63, 3.8) is 0 Å². The lowest BCUT2D eigenvalue weighted by Gasteiger charge is -2.25. The molecule has 0 aromatic heterocycles. The van der Waals surface area contributed by atoms with Gasteiger partial charge in [0.25, 0.3) is 10.0 Å². The van der Waals surface area contributed by atoms with Crippen LogP contribution in [0.1, 0.15) is 18.1 Å². The van der Waals surface area contributed by atoms with Crippen LogP contribution < -0.4 is 15.4 Å².